The van der Waals surface area contributed by atoms with Gasteiger partial charge in [0.25, 0.3) is 0 Å². The van der Waals surface area contributed by atoms with Crippen molar-refractivity contribution in [1.29, 1.82) is 0 Å². The van der Waals surface area contributed by atoms with Gasteiger partial charge in [-0.25, -0.2) is 0 Å². The Morgan fingerprint density at radius 1 is 1.00 bits per heavy atom. The van der Waals surface area contributed by atoms with Gasteiger partial charge in [-0.2, -0.15) is 17.7 Å². The topological polar surface area (TPSA) is 64.3 Å². The fourth-order valence-corrected chi connectivity index (χ4v) is 2.86. The van der Waals surface area contributed by atoms with E-state index in [1.165, 1.54) is 6.07 Å². The van der Waals surface area contributed by atoms with E-state index in [0.717, 1.165) is 23.4 Å². The van der Waals surface area contributed by atoms with Crippen molar-refractivity contribution in [3.8, 4) is 5.75 Å². The molecule has 1 N–H and O–H groups in total. The molecule has 4 rings (SSSR count). The second kappa shape index (κ2) is 7.42. The van der Waals surface area contributed by atoms with Crippen molar-refractivity contribution < 1.29 is 17.9 Å². The zero-order valence-corrected chi connectivity index (χ0v) is 15.3. The average Bonchev–Trinajstić information content (AvgIpc) is 3.10. The van der Waals surface area contributed by atoms with E-state index >= 15 is 0 Å². The number of aromatic nitrogens is 4. The van der Waals surface area contributed by atoms with Gasteiger partial charge in [0.15, 0.2) is 17.3 Å². The largest absolute Gasteiger partial charge is 0.497 e. The van der Waals surface area contributed by atoms with E-state index in [4.69, 9.17) is 4.74 Å². The zero-order chi connectivity index (χ0) is 20.4. The molecule has 2 aromatic heterocycles. The first-order valence-corrected chi connectivity index (χ1v) is 8.71. The number of anilines is 2. The molecule has 0 bridgehead atoms. The molecule has 0 saturated carbocycles. The highest BCUT2D eigenvalue weighted by Crippen LogP contribution is 2.31. The maximum absolute atomic E-state index is 12.9. The standard InChI is InChI=1S/C20H16F3N5O/c1-29-16-7-5-13(6-8-16)11-19-26-25-18-10-9-17(27-28(18)19)24-15-4-2-3-14(12-15)20(21,22)23/h2-10,12H,11H2,1H3,(H,24,27). The van der Waals surface area contributed by atoms with Crippen LogP contribution in [-0.4, -0.2) is 26.9 Å². The molecule has 0 radical (unpaired) electrons. The molecule has 0 aliphatic rings. The van der Waals surface area contributed by atoms with Crippen molar-refractivity contribution in [2.75, 3.05) is 12.4 Å². The van der Waals surface area contributed by atoms with Crippen LogP contribution in [0.5, 0.6) is 5.75 Å². The number of hydrogen-bond donors (Lipinski definition) is 1. The Balaban J connectivity index is 1.60. The minimum atomic E-state index is -4.41. The number of rotatable bonds is 5. The Morgan fingerprint density at radius 2 is 1.79 bits per heavy atom. The van der Waals surface area contributed by atoms with E-state index in [0.29, 0.717) is 23.7 Å². The molecular formula is C20H16F3N5O. The summed E-state index contributed by atoms with van der Waals surface area (Å²) in [5, 5.41) is 15.6. The Hall–Kier alpha value is -3.62. The third kappa shape index (κ3) is 4.13. The number of halogens is 3. The number of nitrogens with one attached hydrogen (secondary N) is 1. The van der Waals surface area contributed by atoms with E-state index in [2.05, 4.69) is 20.6 Å². The number of hydrogen-bond acceptors (Lipinski definition) is 5. The third-order valence-electron chi connectivity index (χ3n) is 4.31. The molecule has 4 aromatic rings. The molecule has 0 saturated heterocycles. The summed E-state index contributed by atoms with van der Waals surface area (Å²) in [5.41, 5.74) is 1.10. The lowest BCUT2D eigenvalue weighted by atomic mass is 10.1. The van der Waals surface area contributed by atoms with Crippen molar-refractivity contribution in [2.24, 2.45) is 0 Å². The summed E-state index contributed by atoms with van der Waals surface area (Å²) in [5.74, 6) is 1.75. The Morgan fingerprint density at radius 3 is 2.52 bits per heavy atom. The first-order chi connectivity index (χ1) is 13.9. The summed E-state index contributed by atoms with van der Waals surface area (Å²) in [4.78, 5) is 0. The maximum atomic E-state index is 12.9. The van der Waals surface area contributed by atoms with E-state index in [1.807, 2.05) is 24.3 Å². The highest BCUT2D eigenvalue weighted by atomic mass is 19.4. The molecule has 0 fully saturated rings. The van der Waals surface area contributed by atoms with Gasteiger partial charge >= 0.3 is 6.18 Å². The Labute approximate surface area is 164 Å². The second-order valence-electron chi connectivity index (χ2n) is 6.33. The quantitative estimate of drug-likeness (QED) is 0.536. The number of methoxy groups -OCH3 is 1. The van der Waals surface area contributed by atoms with Crippen molar-refractivity contribution in [1.82, 2.24) is 19.8 Å². The molecule has 0 atom stereocenters. The summed E-state index contributed by atoms with van der Waals surface area (Å²) in [6.45, 7) is 0. The van der Waals surface area contributed by atoms with Gasteiger partial charge in [-0.05, 0) is 48.0 Å². The third-order valence-corrected chi connectivity index (χ3v) is 4.31. The second-order valence-corrected chi connectivity index (χ2v) is 6.33. The number of benzene rings is 2. The summed E-state index contributed by atoms with van der Waals surface area (Å²) in [6.07, 6.45) is -3.92. The van der Waals surface area contributed by atoms with E-state index in [9.17, 15) is 13.2 Å². The molecule has 6 nitrogen and oxygen atoms in total. The van der Waals surface area contributed by atoms with Crippen LogP contribution in [0.4, 0.5) is 24.7 Å². The van der Waals surface area contributed by atoms with Gasteiger partial charge in [-0.1, -0.05) is 18.2 Å². The fraction of sp³-hybridized carbons (Fsp3) is 0.150. The van der Waals surface area contributed by atoms with Gasteiger partial charge in [0.05, 0.1) is 12.7 Å². The van der Waals surface area contributed by atoms with Gasteiger partial charge in [0, 0.05) is 12.1 Å². The predicted molar refractivity (Wildman–Crippen MR) is 101 cm³/mol. The lowest BCUT2D eigenvalue weighted by Crippen LogP contribution is -2.06. The van der Waals surface area contributed by atoms with Crippen LogP contribution >= 0.6 is 0 Å². The summed E-state index contributed by atoms with van der Waals surface area (Å²) >= 11 is 0. The first-order valence-electron chi connectivity index (χ1n) is 8.71. The molecule has 0 unspecified atom stereocenters. The van der Waals surface area contributed by atoms with Gasteiger partial charge < -0.3 is 10.1 Å². The van der Waals surface area contributed by atoms with Crippen molar-refractivity contribution >= 4 is 17.2 Å². The van der Waals surface area contributed by atoms with Gasteiger partial charge in [-0.15, -0.1) is 15.3 Å². The van der Waals surface area contributed by atoms with Crippen LogP contribution in [-0.2, 0) is 12.6 Å². The summed E-state index contributed by atoms with van der Waals surface area (Å²) in [6, 6.07) is 15.8. The van der Waals surface area contributed by atoms with Crippen LogP contribution in [0.15, 0.2) is 60.7 Å². The number of nitrogens with zero attached hydrogens (tertiary/aromatic N) is 4. The van der Waals surface area contributed by atoms with Gasteiger partial charge in [0.2, 0.25) is 0 Å². The molecule has 2 aromatic carbocycles. The molecule has 0 aliphatic heterocycles. The monoisotopic (exact) mass is 399 g/mol. The molecule has 9 heteroatoms. The van der Waals surface area contributed by atoms with E-state index in [1.54, 1.807) is 29.8 Å². The Kier molecular flexibility index (Phi) is 4.79. The SMILES string of the molecule is COc1ccc(Cc2nnc3ccc(Nc4cccc(C(F)(F)F)c4)nn23)cc1. The molecule has 2 heterocycles. The van der Waals surface area contributed by atoms with E-state index in [-0.39, 0.29) is 5.69 Å². The smallest absolute Gasteiger partial charge is 0.416 e. The minimum absolute atomic E-state index is 0.288. The van der Waals surface area contributed by atoms with Crippen LogP contribution in [0, 0.1) is 0 Å². The average molecular weight is 399 g/mol. The number of ether oxygens (including phenoxy) is 1. The van der Waals surface area contributed by atoms with Crippen molar-refractivity contribution in [3.05, 3.63) is 77.6 Å². The summed E-state index contributed by atoms with van der Waals surface area (Å²) < 4.78 is 45.4. The highest BCUT2D eigenvalue weighted by Gasteiger charge is 2.30. The summed E-state index contributed by atoms with van der Waals surface area (Å²) in [7, 11) is 1.60. The van der Waals surface area contributed by atoms with Gasteiger partial charge in [0.1, 0.15) is 5.75 Å². The maximum Gasteiger partial charge on any atom is 0.416 e. The Bertz CT molecular complexity index is 1140. The highest BCUT2D eigenvalue weighted by molar-refractivity contribution is 5.58. The molecule has 0 aliphatic carbocycles. The molecule has 148 valence electrons. The lowest BCUT2D eigenvalue weighted by molar-refractivity contribution is -0.137. The van der Waals surface area contributed by atoms with Crippen molar-refractivity contribution in [3.63, 3.8) is 0 Å². The molecular weight excluding hydrogens is 383 g/mol. The number of alkyl halides is 3. The normalized spacial score (nSPS) is 11.6. The number of fused-ring (bicyclic) bond motifs is 1. The van der Waals surface area contributed by atoms with E-state index < -0.39 is 11.7 Å². The first kappa shape index (κ1) is 18.7. The lowest BCUT2D eigenvalue weighted by Gasteiger charge is -2.10. The van der Waals surface area contributed by atoms with Crippen LogP contribution in [0.25, 0.3) is 5.65 Å². The van der Waals surface area contributed by atoms with Gasteiger partial charge in [-0.3, -0.25) is 0 Å². The predicted octanol–water partition coefficient (Wildman–Crippen LogP) is 4.49. The fourth-order valence-electron chi connectivity index (χ4n) is 2.86. The van der Waals surface area contributed by atoms with Crippen LogP contribution < -0.4 is 10.1 Å². The van der Waals surface area contributed by atoms with Crippen molar-refractivity contribution in [2.45, 2.75) is 12.6 Å². The molecule has 0 spiro atoms. The van der Waals surface area contributed by atoms with Crippen LogP contribution in [0.3, 0.4) is 0 Å². The molecule has 0 amide bonds. The van der Waals surface area contributed by atoms with Crippen LogP contribution in [0.2, 0.25) is 0 Å². The minimum Gasteiger partial charge on any atom is -0.497 e. The zero-order valence-electron chi connectivity index (χ0n) is 15.3. The molecule has 29 heavy (non-hydrogen) atoms. The van der Waals surface area contributed by atoms with Crippen LogP contribution in [0.1, 0.15) is 17.0 Å².